The van der Waals surface area contributed by atoms with E-state index in [0.29, 0.717) is 35.9 Å². The summed E-state index contributed by atoms with van der Waals surface area (Å²) >= 11 is 7.13. The Morgan fingerprint density at radius 3 is 2.88 bits per heavy atom. The summed E-state index contributed by atoms with van der Waals surface area (Å²) in [5.74, 6) is 0.150. The first-order valence-corrected chi connectivity index (χ1v) is 12.5. The minimum atomic E-state index is -3.83. The van der Waals surface area contributed by atoms with Gasteiger partial charge in [-0.05, 0) is 47.7 Å². The van der Waals surface area contributed by atoms with Gasteiger partial charge in [-0.3, -0.25) is 4.79 Å². The van der Waals surface area contributed by atoms with Gasteiger partial charge in [-0.1, -0.05) is 23.7 Å². The van der Waals surface area contributed by atoms with Gasteiger partial charge in [0.2, 0.25) is 5.91 Å². The second kappa shape index (κ2) is 7.96. The van der Waals surface area contributed by atoms with Gasteiger partial charge in [0.05, 0.1) is 5.52 Å². The average molecular weight is 488 g/mol. The van der Waals surface area contributed by atoms with Crippen molar-refractivity contribution in [1.29, 1.82) is 0 Å². The number of amides is 1. The molecule has 164 valence electrons. The van der Waals surface area contributed by atoms with Crippen LogP contribution in [0, 0.1) is 0 Å². The molecule has 1 aliphatic rings. The first-order valence-electron chi connectivity index (χ1n) is 9.79. The van der Waals surface area contributed by atoms with E-state index in [2.05, 4.69) is 14.7 Å². The zero-order valence-corrected chi connectivity index (χ0v) is 19.0. The van der Waals surface area contributed by atoms with Crippen LogP contribution in [-0.2, 0) is 21.4 Å². The van der Waals surface area contributed by atoms with Crippen molar-refractivity contribution in [2.24, 2.45) is 0 Å². The molecule has 0 saturated carbocycles. The van der Waals surface area contributed by atoms with Gasteiger partial charge >= 0.3 is 0 Å². The lowest BCUT2D eigenvalue weighted by molar-refractivity contribution is -0.129. The molecule has 5 rings (SSSR count). The number of rotatable bonds is 5. The topological polar surface area (TPSA) is 118 Å². The van der Waals surface area contributed by atoms with Crippen LogP contribution in [0.5, 0.6) is 0 Å². The number of hydrogen-bond acceptors (Lipinski definition) is 7. The van der Waals surface area contributed by atoms with Gasteiger partial charge in [-0.25, -0.2) is 18.4 Å². The van der Waals surface area contributed by atoms with E-state index in [1.165, 1.54) is 6.33 Å². The van der Waals surface area contributed by atoms with Crippen LogP contribution in [0.4, 0.5) is 5.82 Å². The van der Waals surface area contributed by atoms with Gasteiger partial charge in [-0.2, -0.15) is 4.72 Å². The van der Waals surface area contributed by atoms with Crippen LogP contribution in [0.15, 0.2) is 53.0 Å². The molecule has 32 heavy (non-hydrogen) atoms. The predicted molar refractivity (Wildman–Crippen MR) is 125 cm³/mol. The summed E-state index contributed by atoms with van der Waals surface area (Å²) in [5.41, 5.74) is 7.44. The Morgan fingerprint density at radius 2 is 2.03 bits per heavy atom. The third-order valence-electron chi connectivity index (χ3n) is 5.42. The number of hydrogen-bond donors (Lipinski definition) is 2. The van der Waals surface area contributed by atoms with Crippen LogP contribution in [-0.4, -0.2) is 41.8 Å². The zero-order chi connectivity index (χ0) is 22.5. The molecule has 11 heteroatoms. The van der Waals surface area contributed by atoms with Crippen LogP contribution in [0.3, 0.4) is 0 Å². The Hall–Kier alpha value is -2.79. The first kappa shape index (κ1) is 21.1. The standard InChI is InChI=1S/C21H18ClN5O3S2/c22-14-3-2-13-8-19(31-18(13)9-14)32(29,30)26-16-5-6-27(21(16)28)10-12-1-4-15-17(7-12)24-11-25-20(15)23/h1-4,7-9,11,16,26H,5-6,10H2,(H2,23,24,25)/t16-/m1/s1. The van der Waals surface area contributed by atoms with E-state index in [4.69, 9.17) is 17.3 Å². The highest BCUT2D eigenvalue weighted by Crippen LogP contribution is 2.31. The highest BCUT2D eigenvalue weighted by atomic mass is 35.5. The quantitative estimate of drug-likeness (QED) is 0.446. The van der Waals surface area contributed by atoms with Gasteiger partial charge in [-0.15, -0.1) is 11.3 Å². The van der Waals surface area contributed by atoms with Crippen molar-refractivity contribution in [2.45, 2.75) is 23.2 Å². The molecule has 2 aromatic carbocycles. The van der Waals surface area contributed by atoms with Crippen molar-refractivity contribution >= 4 is 65.7 Å². The molecule has 0 aliphatic carbocycles. The third-order valence-corrected chi connectivity index (χ3v) is 8.70. The van der Waals surface area contributed by atoms with Crippen molar-refractivity contribution in [3.8, 4) is 0 Å². The van der Waals surface area contributed by atoms with E-state index in [-0.39, 0.29) is 10.1 Å². The Kier molecular flexibility index (Phi) is 5.25. The van der Waals surface area contributed by atoms with Crippen LogP contribution in [0.2, 0.25) is 5.02 Å². The lowest BCUT2D eigenvalue weighted by atomic mass is 10.1. The normalized spacial score (nSPS) is 17.0. The lowest BCUT2D eigenvalue weighted by Gasteiger charge is -2.17. The fourth-order valence-corrected chi connectivity index (χ4v) is 6.72. The molecule has 2 aromatic heterocycles. The minimum Gasteiger partial charge on any atom is -0.383 e. The van der Waals surface area contributed by atoms with Crippen LogP contribution >= 0.6 is 22.9 Å². The van der Waals surface area contributed by atoms with E-state index in [1.54, 1.807) is 29.2 Å². The number of aromatic nitrogens is 2. The molecule has 1 amide bonds. The van der Waals surface area contributed by atoms with Crippen molar-refractivity contribution in [3.63, 3.8) is 0 Å². The molecule has 0 bridgehead atoms. The fourth-order valence-electron chi connectivity index (χ4n) is 3.81. The summed E-state index contributed by atoms with van der Waals surface area (Å²) in [6.07, 6.45) is 1.80. The monoisotopic (exact) mass is 487 g/mol. The Balaban J connectivity index is 1.31. The van der Waals surface area contributed by atoms with E-state index in [1.807, 2.05) is 18.2 Å². The molecule has 0 radical (unpaired) electrons. The predicted octanol–water partition coefficient (Wildman–Crippen LogP) is 3.16. The Morgan fingerprint density at radius 1 is 1.19 bits per heavy atom. The van der Waals surface area contributed by atoms with E-state index in [9.17, 15) is 13.2 Å². The number of anilines is 1. The third kappa shape index (κ3) is 3.90. The molecule has 1 atom stereocenters. The number of nitrogen functional groups attached to an aromatic ring is 1. The van der Waals surface area contributed by atoms with Crippen molar-refractivity contribution in [1.82, 2.24) is 19.6 Å². The first-order chi connectivity index (χ1) is 15.3. The molecule has 3 N–H and O–H groups in total. The van der Waals surface area contributed by atoms with E-state index >= 15 is 0 Å². The molecular formula is C21H18ClN5O3S2. The summed E-state index contributed by atoms with van der Waals surface area (Å²) < 4.78 is 29.3. The minimum absolute atomic E-state index is 0.160. The number of carbonyl (C=O) groups is 1. The van der Waals surface area contributed by atoms with Gasteiger partial charge in [0.1, 0.15) is 22.4 Å². The number of sulfonamides is 1. The number of halogens is 1. The molecule has 8 nitrogen and oxygen atoms in total. The molecule has 1 aliphatic heterocycles. The fraction of sp³-hybridized carbons (Fsp3) is 0.190. The van der Waals surface area contributed by atoms with Gasteiger partial charge in [0.15, 0.2) is 0 Å². The number of thiophene rings is 1. The average Bonchev–Trinajstić information content (AvgIpc) is 3.33. The SMILES string of the molecule is Nc1ncnc2cc(CN3CC[C@@H](NS(=O)(=O)c4cc5ccc(Cl)cc5s4)C3=O)ccc12. The second-order valence-electron chi connectivity index (χ2n) is 7.58. The summed E-state index contributed by atoms with van der Waals surface area (Å²) in [5, 5.41) is 2.08. The summed E-state index contributed by atoms with van der Waals surface area (Å²) in [7, 11) is -3.83. The maximum absolute atomic E-state index is 12.9. The molecule has 1 saturated heterocycles. The zero-order valence-electron chi connectivity index (χ0n) is 16.7. The maximum atomic E-state index is 12.9. The number of nitrogens with two attached hydrogens (primary N) is 1. The van der Waals surface area contributed by atoms with Crippen LogP contribution in [0.1, 0.15) is 12.0 Å². The van der Waals surface area contributed by atoms with Crippen molar-refractivity contribution in [3.05, 3.63) is 59.4 Å². The number of nitrogens with one attached hydrogen (secondary N) is 1. The summed E-state index contributed by atoms with van der Waals surface area (Å²) in [6, 6.07) is 11.6. The van der Waals surface area contributed by atoms with Crippen LogP contribution < -0.4 is 10.5 Å². The van der Waals surface area contributed by atoms with Crippen LogP contribution in [0.25, 0.3) is 21.0 Å². The van der Waals surface area contributed by atoms with E-state index in [0.717, 1.165) is 32.4 Å². The Bertz CT molecular complexity index is 1470. The maximum Gasteiger partial charge on any atom is 0.250 e. The number of likely N-dealkylation sites (tertiary alicyclic amines) is 1. The van der Waals surface area contributed by atoms with E-state index < -0.39 is 16.1 Å². The summed E-state index contributed by atoms with van der Waals surface area (Å²) in [4.78, 5) is 22.7. The molecule has 3 heterocycles. The molecule has 1 fully saturated rings. The number of fused-ring (bicyclic) bond motifs is 2. The molecule has 0 unspecified atom stereocenters. The highest BCUT2D eigenvalue weighted by molar-refractivity contribution is 7.91. The molecule has 4 aromatic rings. The summed E-state index contributed by atoms with van der Waals surface area (Å²) in [6.45, 7) is 0.816. The molecular weight excluding hydrogens is 470 g/mol. The van der Waals surface area contributed by atoms with Gasteiger partial charge in [0.25, 0.3) is 10.0 Å². The number of carbonyl (C=O) groups excluding carboxylic acids is 1. The number of nitrogens with zero attached hydrogens (tertiary/aromatic N) is 3. The lowest BCUT2D eigenvalue weighted by Crippen LogP contribution is -2.41. The van der Waals surface area contributed by atoms with Gasteiger partial charge in [0, 0.05) is 28.2 Å². The Labute approximate surface area is 193 Å². The van der Waals surface area contributed by atoms with Gasteiger partial charge < -0.3 is 10.6 Å². The highest BCUT2D eigenvalue weighted by Gasteiger charge is 2.35. The molecule has 0 spiro atoms. The van der Waals surface area contributed by atoms with Crippen molar-refractivity contribution < 1.29 is 13.2 Å². The van der Waals surface area contributed by atoms with Crippen molar-refractivity contribution in [2.75, 3.05) is 12.3 Å². The number of benzene rings is 2. The smallest absolute Gasteiger partial charge is 0.250 e. The second-order valence-corrected chi connectivity index (χ2v) is 11.0. The largest absolute Gasteiger partial charge is 0.383 e.